The van der Waals surface area contributed by atoms with Gasteiger partial charge in [0.2, 0.25) is 11.1 Å². The number of anilines is 1. The summed E-state index contributed by atoms with van der Waals surface area (Å²) in [7, 11) is 0. The van der Waals surface area contributed by atoms with Gasteiger partial charge in [0.05, 0.1) is 4.92 Å². The molecular formula is C10H11ClN4O3. The predicted octanol–water partition coefficient (Wildman–Crippen LogP) is 0.955. The molecule has 8 heteroatoms. The molecule has 2 N–H and O–H groups in total. The average Bonchev–Trinajstić information content (AvgIpc) is 2.69. The average molecular weight is 271 g/mol. The van der Waals surface area contributed by atoms with E-state index in [1.165, 1.54) is 17.2 Å². The SMILES string of the molecule is NCC1CC(=O)N(c2ccnc(Cl)c2[N+](=O)[O-])C1. The Balaban J connectivity index is 2.43. The fraction of sp³-hybridized carbons (Fsp3) is 0.400. The van der Waals surface area contributed by atoms with Gasteiger partial charge in [-0.1, -0.05) is 11.6 Å². The van der Waals surface area contributed by atoms with E-state index in [2.05, 4.69) is 4.98 Å². The molecule has 2 heterocycles. The molecule has 0 radical (unpaired) electrons. The minimum atomic E-state index is -0.631. The van der Waals surface area contributed by atoms with Crippen LogP contribution < -0.4 is 10.6 Å². The van der Waals surface area contributed by atoms with E-state index in [-0.39, 0.29) is 28.4 Å². The van der Waals surface area contributed by atoms with Gasteiger partial charge in [-0.25, -0.2) is 4.98 Å². The molecule has 7 nitrogen and oxygen atoms in total. The summed E-state index contributed by atoms with van der Waals surface area (Å²) in [6.07, 6.45) is 1.64. The standard InChI is InChI=1S/C10H11ClN4O3/c11-10-9(15(17)18)7(1-2-13-10)14-5-6(4-12)3-8(14)16/h1-2,6H,3-5,12H2. The second-order valence-corrected chi connectivity index (χ2v) is 4.39. The third-order valence-corrected chi connectivity index (χ3v) is 3.15. The first kappa shape index (κ1) is 12.7. The van der Waals surface area contributed by atoms with E-state index >= 15 is 0 Å². The van der Waals surface area contributed by atoms with Gasteiger partial charge >= 0.3 is 5.69 Å². The van der Waals surface area contributed by atoms with Crippen LogP contribution in [0.25, 0.3) is 0 Å². The monoisotopic (exact) mass is 270 g/mol. The fourth-order valence-electron chi connectivity index (χ4n) is 1.98. The van der Waals surface area contributed by atoms with Gasteiger partial charge in [0.15, 0.2) is 0 Å². The zero-order valence-electron chi connectivity index (χ0n) is 9.38. The molecule has 18 heavy (non-hydrogen) atoms. The van der Waals surface area contributed by atoms with Gasteiger partial charge in [-0.2, -0.15) is 0 Å². The number of carbonyl (C=O) groups is 1. The summed E-state index contributed by atoms with van der Waals surface area (Å²) in [6.45, 7) is 0.741. The van der Waals surface area contributed by atoms with Crippen LogP contribution in [0.2, 0.25) is 5.15 Å². The summed E-state index contributed by atoms with van der Waals surface area (Å²) < 4.78 is 0. The Kier molecular flexibility index (Phi) is 3.44. The molecule has 1 saturated heterocycles. The van der Waals surface area contributed by atoms with Gasteiger partial charge < -0.3 is 10.6 Å². The van der Waals surface area contributed by atoms with Crippen LogP contribution in [-0.4, -0.2) is 28.9 Å². The van der Waals surface area contributed by atoms with E-state index in [4.69, 9.17) is 17.3 Å². The van der Waals surface area contributed by atoms with Crippen LogP contribution in [0.15, 0.2) is 12.3 Å². The largest absolute Gasteiger partial charge is 0.330 e. The maximum Gasteiger partial charge on any atom is 0.329 e. The second kappa shape index (κ2) is 4.87. The lowest BCUT2D eigenvalue weighted by molar-refractivity contribution is -0.384. The number of hydrogen-bond acceptors (Lipinski definition) is 5. The van der Waals surface area contributed by atoms with Crippen LogP contribution >= 0.6 is 11.6 Å². The molecule has 1 aromatic heterocycles. The summed E-state index contributed by atoms with van der Waals surface area (Å²) >= 11 is 5.71. The highest BCUT2D eigenvalue weighted by atomic mass is 35.5. The Morgan fingerprint density at radius 2 is 2.39 bits per heavy atom. The highest BCUT2D eigenvalue weighted by Crippen LogP contribution is 2.36. The summed E-state index contributed by atoms with van der Waals surface area (Å²) in [6, 6.07) is 1.42. The number of nitrogens with zero attached hydrogens (tertiary/aromatic N) is 3. The van der Waals surface area contributed by atoms with Crippen molar-refractivity contribution in [2.75, 3.05) is 18.0 Å². The zero-order chi connectivity index (χ0) is 13.3. The van der Waals surface area contributed by atoms with E-state index in [0.717, 1.165) is 0 Å². The van der Waals surface area contributed by atoms with Crippen LogP contribution in [0.5, 0.6) is 0 Å². The Morgan fingerprint density at radius 3 is 2.94 bits per heavy atom. The van der Waals surface area contributed by atoms with Crippen LogP contribution in [0, 0.1) is 16.0 Å². The van der Waals surface area contributed by atoms with Crippen LogP contribution in [0.3, 0.4) is 0 Å². The molecule has 0 aliphatic carbocycles. The lowest BCUT2D eigenvalue weighted by atomic mass is 10.1. The van der Waals surface area contributed by atoms with Crippen molar-refractivity contribution < 1.29 is 9.72 Å². The van der Waals surface area contributed by atoms with Crippen molar-refractivity contribution in [3.05, 3.63) is 27.5 Å². The van der Waals surface area contributed by atoms with Crippen molar-refractivity contribution in [2.45, 2.75) is 6.42 Å². The number of hydrogen-bond donors (Lipinski definition) is 1. The minimum absolute atomic E-state index is 0.0176. The topological polar surface area (TPSA) is 102 Å². The van der Waals surface area contributed by atoms with Gasteiger partial charge in [-0.05, 0) is 18.5 Å². The summed E-state index contributed by atoms with van der Waals surface area (Å²) in [5.74, 6) is -0.167. The second-order valence-electron chi connectivity index (χ2n) is 4.04. The lowest BCUT2D eigenvalue weighted by Crippen LogP contribution is -2.26. The molecule has 96 valence electrons. The Bertz CT molecular complexity index is 508. The molecule has 1 unspecified atom stereocenters. The maximum atomic E-state index is 11.8. The molecule has 0 saturated carbocycles. The van der Waals surface area contributed by atoms with E-state index in [1.807, 2.05) is 0 Å². The number of amides is 1. The highest BCUT2D eigenvalue weighted by molar-refractivity contribution is 6.32. The molecule has 1 fully saturated rings. The molecule has 0 bridgehead atoms. The first-order valence-corrected chi connectivity index (χ1v) is 5.71. The third-order valence-electron chi connectivity index (χ3n) is 2.87. The number of nitro groups is 1. The summed E-state index contributed by atoms with van der Waals surface area (Å²) in [4.78, 5) is 27.2. The van der Waals surface area contributed by atoms with Crippen molar-refractivity contribution in [2.24, 2.45) is 11.7 Å². The van der Waals surface area contributed by atoms with Crippen LogP contribution in [0.1, 0.15) is 6.42 Å². The van der Waals surface area contributed by atoms with Crippen LogP contribution in [-0.2, 0) is 4.79 Å². The Hall–Kier alpha value is -1.73. The molecule has 0 spiro atoms. The summed E-state index contributed by atoms with van der Waals surface area (Å²) in [5.41, 5.74) is 5.35. The molecule has 1 aromatic rings. The van der Waals surface area contributed by atoms with Crippen LogP contribution in [0.4, 0.5) is 11.4 Å². The highest BCUT2D eigenvalue weighted by Gasteiger charge is 2.34. The van der Waals surface area contributed by atoms with Gasteiger partial charge in [0.25, 0.3) is 0 Å². The number of halogens is 1. The first-order valence-electron chi connectivity index (χ1n) is 5.34. The van der Waals surface area contributed by atoms with Crippen molar-refractivity contribution in [3.63, 3.8) is 0 Å². The number of rotatable bonds is 3. The van der Waals surface area contributed by atoms with Gasteiger partial charge in [-0.15, -0.1) is 0 Å². The number of carbonyl (C=O) groups excluding carboxylic acids is 1. The normalized spacial score (nSPS) is 19.3. The molecule has 0 aromatic carbocycles. The maximum absolute atomic E-state index is 11.8. The van der Waals surface area contributed by atoms with Crippen molar-refractivity contribution in [1.29, 1.82) is 0 Å². The number of nitrogens with two attached hydrogens (primary N) is 1. The zero-order valence-corrected chi connectivity index (χ0v) is 10.1. The molecule has 1 amide bonds. The van der Waals surface area contributed by atoms with Gasteiger partial charge in [-0.3, -0.25) is 14.9 Å². The Labute approximate surface area is 108 Å². The van der Waals surface area contributed by atoms with E-state index in [9.17, 15) is 14.9 Å². The third kappa shape index (κ3) is 2.14. The number of aromatic nitrogens is 1. The van der Waals surface area contributed by atoms with Gasteiger partial charge in [0, 0.05) is 19.2 Å². The first-order chi connectivity index (χ1) is 8.54. The number of pyridine rings is 1. The lowest BCUT2D eigenvalue weighted by Gasteiger charge is -2.16. The predicted molar refractivity (Wildman–Crippen MR) is 65.4 cm³/mol. The summed E-state index contributed by atoms with van der Waals surface area (Å²) in [5, 5.41) is 10.8. The fourth-order valence-corrected chi connectivity index (χ4v) is 2.20. The van der Waals surface area contributed by atoms with Crippen molar-refractivity contribution in [3.8, 4) is 0 Å². The molecular weight excluding hydrogens is 260 g/mol. The van der Waals surface area contributed by atoms with E-state index in [0.29, 0.717) is 19.5 Å². The van der Waals surface area contributed by atoms with E-state index in [1.54, 1.807) is 0 Å². The van der Waals surface area contributed by atoms with Crippen molar-refractivity contribution >= 4 is 28.9 Å². The molecule has 1 aliphatic heterocycles. The molecule has 2 rings (SSSR count). The van der Waals surface area contributed by atoms with Crippen molar-refractivity contribution in [1.82, 2.24) is 4.98 Å². The quantitative estimate of drug-likeness (QED) is 0.500. The van der Waals surface area contributed by atoms with E-state index < -0.39 is 4.92 Å². The smallest absolute Gasteiger partial charge is 0.329 e. The molecule has 1 atom stereocenters. The molecule has 1 aliphatic rings. The minimum Gasteiger partial charge on any atom is -0.330 e. The van der Waals surface area contributed by atoms with Gasteiger partial charge in [0.1, 0.15) is 5.69 Å². The Morgan fingerprint density at radius 1 is 1.67 bits per heavy atom.